The summed E-state index contributed by atoms with van der Waals surface area (Å²) in [5.74, 6) is -2.04. The molecule has 0 rings (SSSR count). The number of hydrogen-bond donors (Lipinski definition) is 1. The molecule has 0 aromatic heterocycles. The Morgan fingerprint density at radius 1 is 1.14 bits per heavy atom. The van der Waals surface area contributed by atoms with E-state index < -0.39 is 17.5 Å². The van der Waals surface area contributed by atoms with Crippen molar-refractivity contribution in [3.05, 3.63) is 24.3 Å². The summed E-state index contributed by atoms with van der Waals surface area (Å²) >= 11 is 0. The fourth-order valence-electron chi connectivity index (χ4n) is 0.592. The molecule has 0 fully saturated rings. The lowest BCUT2D eigenvalue weighted by Gasteiger charge is -2.20. The summed E-state index contributed by atoms with van der Waals surface area (Å²) in [6.07, 6.45) is 0. The van der Waals surface area contributed by atoms with Gasteiger partial charge in [0.25, 0.3) is 0 Å². The van der Waals surface area contributed by atoms with Crippen molar-refractivity contribution in [3.63, 3.8) is 0 Å². The summed E-state index contributed by atoms with van der Waals surface area (Å²) in [4.78, 5) is 21.7. The zero-order valence-electron chi connectivity index (χ0n) is 8.59. The highest BCUT2D eigenvalue weighted by atomic mass is 16.6. The molecule has 0 radical (unpaired) electrons. The molecular weight excluding hydrogens is 184 g/mol. The fourth-order valence-corrected chi connectivity index (χ4v) is 0.592. The Kier molecular flexibility index (Phi) is 3.62. The van der Waals surface area contributed by atoms with Crippen molar-refractivity contribution in [2.24, 2.45) is 0 Å². The van der Waals surface area contributed by atoms with Crippen LogP contribution in [0.3, 0.4) is 0 Å². The topological polar surface area (TPSA) is 63.6 Å². The molecule has 0 aliphatic heterocycles. The Morgan fingerprint density at radius 2 is 1.57 bits per heavy atom. The molecule has 0 aliphatic carbocycles. The summed E-state index contributed by atoms with van der Waals surface area (Å²) in [5.41, 5.74) is -1.25. The minimum absolute atomic E-state index is 0.229. The van der Waals surface area contributed by atoms with E-state index in [1.54, 1.807) is 20.8 Å². The first-order valence-electron chi connectivity index (χ1n) is 4.00. The van der Waals surface area contributed by atoms with E-state index in [1.807, 2.05) is 0 Å². The highest BCUT2D eigenvalue weighted by Gasteiger charge is 2.22. The van der Waals surface area contributed by atoms with Crippen molar-refractivity contribution in [2.45, 2.75) is 26.4 Å². The number of rotatable bonds is 3. The van der Waals surface area contributed by atoms with Crippen molar-refractivity contribution in [1.29, 1.82) is 0 Å². The van der Waals surface area contributed by atoms with E-state index in [0.29, 0.717) is 0 Å². The summed E-state index contributed by atoms with van der Waals surface area (Å²) in [7, 11) is 0. The van der Waals surface area contributed by atoms with Crippen LogP contribution in [0.25, 0.3) is 0 Å². The molecule has 0 saturated heterocycles. The van der Waals surface area contributed by atoms with Crippen molar-refractivity contribution >= 4 is 11.9 Å². The number of esters is 1. The molecule has 0 heterocycles. The van der Waals surface area contributed by atoms with Gasteiger partial charge in [-0.15, -0.1) is 0 Å². The van der Waals surface area contributed by atoms with Crippen LogP contribution in [0.2, 0.25) is 0 Å². The van der Waals surface area contributed by atoms with E-state index in [1.165, 1.54) is 0 Å². The number of carboxylic acid groups (broad SMARTS) is 1. The third-order valence-electron chi connectivity index (χ3n) is 1.27. The summed E-state index contributed by atoms with van der Waals surface area (Å²) in [6, 6.07) is 0. The number of carbonyl (C=O) groups is 2. The van der Waals surface area contributed by atoms with Gasteiger partial charge in [-0.2, -0.15) is 0 Å². The molecule has 0 aromatic carbocycles. The Morgan fingerprint density at radius 3 is 1.86 bits per heavy atom. The first kappa shape index (κ1) is 12.4. The van der Waals surface area contributed by atoms with Gasteiger partial charge in [-0.3, -0.25) is 0 Å². The maximum Gasteiger partial charge on any atom is 0.338 e. The van der Waals surface area contributed by atoms with Crippen LogP contribution in [-0.2, 0) is 14.3 Å². The Labute approximate surface area is 82.9 Å². The molecule has 0 aromatic rings. The molecule has 0 spiro atoms. The van der Waals surface area contributed by atoms with E-state index >= 15 is 0 Å². The van der Waals surface area contributed by atoms with Gasteiger partial charge < -0.3 is 9.84 Å². The normalized spacial score (nSPS) is 10.5. The quantitative estimate of drug-likeness (QED) is 0.424. The van der Waals surface area contributed by atoms with E-state index in [-0.39, 0.29) is 11.1 Å². The van der Waals surface area contributed by atoms with E-state index in [2.05, 4.69) is 13.2 Å². The van der Waals surface area contributed by atoms with Crippen molar-refractivity contribution in [1.82, 2.24) is 0 Å². The Bertz CT molecular complexity index is 294. The average molecular weight is 198 g/mol. The van der Waals surface area contributed by atoms with E-state index in [4.69, 9.17) is 9.84 Å². The predicted octanol–water partition coefficient (Wildman–Crippen LogP) is 1.53. The van der Waals surface area contributed by atoms with Crippen molar-refractivity contribution in [2.75, 3.05) is 0 Å². The number of ether oxygens (including phenoxy) is 1. The van der Waals surface area contributed by atoms with Crippen LogP contribution in [0.1, 0.15) is 20.8 Å². The van der Waals surface area contributed by atoms with Gasteiger partial charge in [0, 0.05) is 0 Å². The van der Waals surface area contributed by atoms with Crippen LogP contribution in [0.5, 0.6) is 0 Å². The molecule has 0 amide bonds. The summed E-state index contributed by atoms with van der Waals surface area (Å²) in [5, 5.41) is 8.53. The third-order valence-corrected chi connectivity index (χ3v) is 1.27. The van der Waals surface area contributed by atoms with Crippen molar-refractivity contribution < 1.29 is 19.4 Å². The van der Waals surface area contributed by atoms with Crippen LogP contribution in [0.4, 0.5) is 0 Å². The number of aliphatic carboxylic acids is 1. The average Bonchev–Trinajstić information content (AvgIpc) is 1.98. The van der Waals surface area contributed by atoms with Gasteiger partial charge >= 0.3 is 11.9 Å². The van der Waals surface area contributed by atoms with Crippen LogP contribution < -0.4 is 0 Å². The van der Waals surface area contributed by atoms with Crippen molar-refractivity contribution in [3.8, 4) is 0 Å². The molecule has 4 nitrogen and oxygen atoms in total. The van der Waals surface area contributed by atoms with Gasteiger partial charge in [0.1, 0.15) is 5.60 Å². The number of carboxylic acids is 1. The monoisotopic (exact) mass is 198 g/mol. The predicted molar refractivity (Wildman–Crippen MR) is 51.8 cm³/mol. The highest BCUT2D eigenvalue weighted by molar-refractivity contribution is 6.05. The van der Waals surface area contributed by atoms with Gasteiger partial charge in [0.2, 0.25) is 0 Å². The maximum absolute atomic E-state index is 11.3. The van der Waals surface area contributed by atoms with Crippen LogP contribution >= 0.6 is 0 Å². The second-order valence-corrected chi connectivity index (χ2v) is 3.76. The molecule has 0 aliphatic rings. The minimum Gasteiger partial charge on any atom is -0.478 e. The lowest BCUT2D eigenvalue weighted by molar-refractivity contribution is -0.150. The maximum atomic E-state index is 11.3. The first-order valence-corrected chi connectivity index (χ1v) is 4.00. The number of hydrogen-bond acceptors (Lipinski definition) is 3. The molecule has 78 valence electrons. The standard InChI is InChI=1S/C10H14O4/c1-6(8(11)12)7(2)9(13)14-10(3,4)5/h1-2H2,3-5H3,(H,11,12). The van der Waals surface area contributed by atoms with Gasteiger partial charge in [-0.25, -0.2) is 9.59 Å². The van der Waals surface area contributed by atoms with Gasteiger partial charge in [-0.05, 0) is 20.8 Å². The summed E-state index contributed by atoms with van der Waals surface area (Å²) in [6.45, 7) is 11.6. The molecule has 0 saturated carbocycles. The van der Waals surface area contributed by atoms with E-state index in [9.17, 15) is 9.59 Å². The Balaban J connectivity index is 4.51. The zero-order chi connectivity index (χ0) is 11.5. The second-order valence-electron chi connectivity index (χ2n) is 3.76. The molecule has 0 bridgehead atoms. The molecule has 0 atom stereocenters. The minimum atomic E-state index is -1.28. The van der Waals surface area contributed by atoms with Crippen LogP contribution in [-0.4, -0.2) is 22.6 Å². The third kappa shape index (κ3) is 3.89. The van der Waals surface area contributed by atoms with Gasteiger partial charge in [0.15, 0.2) is 0 Å². The smallest absolute Gasteiger partial charge is 0.338 e. The molecular formula is C10H14O4. The molecule has 14 heavy (non-hydrogen) atoms. The fraction of sp³-hybridized carbons (Fsp3) is 0.400. The molecule has 4 heteroatoms. The lowest BCUT2D eigenvalue weighted by Crippen LogP contribution is -2.25. The zero-order valence-corrected chi connectivity index (χ0v) is 8.59. The van der Waals surface area contributed by atoms with Gasteiger partial charge in [0.05, 0.1) is 11.1 Å². The summed E-state index contributed by atoms with van der Waals surface area (Å²) < 4.78 is 4.91. The van der Waals surface area contributed by atoms with E-state index in [0.717, 1.165) is 0 Å². The number of carbonyl (C=O) groups excluding carboxylic acids is 1. The first-order chi connectivity index (χ1) is 6.15. The highest BCUT2D eigenvalue weighted by Crippen LogP contribution is 2.14. The van der Waals surface area contributed by atoms with Gasteiger partial charge in [-0.1, -0.05) is 13.2 Å². The lowest BCUT2D eigenvalue weighted by atomic mass is 10.1. The second kappa shape index (κ2) is 4.09. The Hall–Kier alpha value is -1.58. The SMILES string of the molecule is C=C(C(=C)C(=O)OC(C)(C)C)C(=O)O. The van der Waals surface area contributed by atoms with Crippen LogP contribution in [0, 0.1) is 0 Å². The van der Waals surface area contributed by atoms with Crippen LogP contribution in [0.15, 0.2) is 24.3 Å². The largest absolute Gasteiger partial charge is 0.478 e. The molecule has 1 N–H and O–H groups in total. The molecule has 0 unspecified atom stereocenters.